The van der Waals surface area contributed by atoms with Crippen molar-refractivity contribution < 1.29 is 33.4 Å². The predicted octanol–water partition coefficient (Wildman–Crippen LogP) is 5.79. The first-order chi connectivity index (χ1) is 19.9. The van der Waals surface area contributed by atoms with Gasteiger partial charge in [0.25, 0.3) is 0 Å². The van der Waals surface area contributed by atoms with Gasteiger partial charge in [0.15, 0.2) is 12.4 Å². The van der Waals surface area contributed by atoms with Crippen LogP contribution in [0.5, 0.6) is 17.2 Å². The van der Waals surface area contributed by atoms with Crippen LogP contribution in [0.15, 0.2) is 103 Å². The van der Waals surface area contributed by atoms with Crippen molar-refractivity contribution in [2.45, 2.75) is 13.3 Å². The SMILES string of the molecule is Cc1ccc(Oc2ccc(N3C[C@H](C(=O)OCC(=O)c4ccc(OC(=O)c5ccccc5)cc4)CC3=O)cc2)cc1. The van der Waals surface area contributed by atoms with Crippen LogP contribution in [0.25, 0.3) is 0 Å². The molecule has 8 nitrogen and oxygen atoms in total. The van der Waals surface area contributed by atoms with Crippen LogP contribution in [0, 0.1) is 12.8 Å². The van der Waals surface area contributed by atoms with Crippen LogP contribution in [0.3, 0.4) is 0 Å². The Balaban J connectivity index is 1.11. The number of hydrogen-bond donors (Lipinski definition) is 0. The standard InChI is InChI=1S/C33H27NO7/c1-22-7-13-27(14-8-22)40-28-17-11-26(12-18-28)34-20-25(19-31(34)36)32(37)39-21-30(35)23-9-15-29(16-10-23)41-33(38)24-5-3-2-4-6-24/h2-18,25H,19-21H2,1H3/t25-/m1/s1. The summed E-state index contributed by atoms with van der Waals surface area (Å²) in [5.74, 6) is -0.797. The van der Waals surface area contributed by atoms with Crippen LogP contribution in [0.4, 0.5) is 5.69 Å². The highest BCUT2D eigenvalue weighted by Crippen LogP contribution is 2.29. The summed E-state index contributed by atoms with van der Waals surface area (Å²) in [5.41, 5.74) is 2.49. The third-order valence-electron chi connectivity index (χ3n) is 6.61. The van der Waals surface area contributed by atoms with Crippen molar-refractivity contribution in [3.63, 3.8) is 0 Å². The molecule has 0 aliphatic carbocycles. The summed E-state index contributed by atoms with van der Waals surface area (Å²) in [6.07, 6.45) is -0.00385. The minimum Gasteiger partial charge on any atom is -0.457 e. The van der Waals surface area contributed by atoms with Gasteiger partial charge in [0.2, 0.25) is 5.91 Å². The summed E-state index contributed by atoms with van der Waals surface area (Å²) < 4.78 is 16.4. The summed E-state index contributed by atoms with van der Waals surface area (Å²) in [5, 5.41) is 0. The summed E-state index contributed by atoms with van der Waals surface area (Å²) in [7, 11) is 0. The molecule has 4 aromatic carbocycles. The van der Waals surface area contributed by atoms with Gasteiger partial charge >= 0.3 is 11.9 Å². The fraction of sp³-hybridized carbons (Fsp3) is 0.152. The molecule has 41 heavy (non-hydrogen) atoms. The molecule has 0 bridgehead atoms. The van der Waals surface area contributed by atoms with Gasteiger partial charge in [-0.25, -0.2) is 4.79 Å². The van der Waals surface area contributed by atoms with Crippen molar-refractivity contribution in [1.82, 2.24) is 0 Å². The number of Topliss-reactive ketones (excluding diaryl/α,β-unsaturated/α-hetero) is 1. The highest BCUT2D eigenvalue weighted by Gasteiger charge is 2.36. The predicted molar refractivity (Wildman–Crippen MR) is 151 cm³/mol. The third kappa shape index (κ3) is 6.86. The summed E-state index contributed by atoms with van der Waals surface area (Å²) in [6, 6.07) is 29.3. The van der Waals surface area contributed by atoms with Crippen LogP contribution in [0.2, 0.25) is 0 Å². The van der Waals surface area contributed by atoms with E-state index in [1.54, 1.807) is 54.6 Å². The number of benzene rings is 4. The van der Waals surface area contributed by atoms with Gasteiger partial charge in [0.1, 0.15) is 17.2 Å². The number of aryl methyl sites for hydroxylation is 1. The molecular weight excluding hydrogens is 522 g/mol. The van der Waals surface area contributed by atoms with Gasteiger partial charge in [-0.15, -0.1) is 0 Å². The van der Waals surface area contributed by atoms with E-state index in [0.717, 1.165) is 5.56 Å². The zero-order valence-corrected chi connectivity index (χ0v) is 22.3. The van der Waals surface area contributed by atoms with Gasteiger partial charge in [0, 0.05) is 24.2 Å². The minimum atomic E-state index is -0.682. The molecule has 0 unspecified atom stereocenters. The molecule has 0 N–H and O–H groups in total. The molecule has 1 saturated heterocycles. The van der Waals surface area contributed by atoms with Crippen molar-refractivity contribution in [3.8, 4) is 17.2 Å². The van der Waals surface area contributed by atoms with Crippen LogP contribution in [-0.4, -0.2) is 36.8 Å². The van der Waals surface area contributed by atoms with E-state index in [9.17, 15) is 19.2 Å². The Morgan fingerprint density at radius 2 is 1.37 bits per heavy atom. The number of amides is 1. The first kappa shape index (κ1) is 27.3. The second-order valence-electron chi connectivity index (χ2n) is 9.63. The Labute approximate surface area is 237 Å². The van der Waals surface area contributed by atoms with Gasteiger partial charge in [0.05, 0.1) is 11.5 Å². The van der Waals surface area contributed by atoms with E-state index in [0.29, 0.717) is 28.3 Å². The van der Waals surface area contributed by atoms with E-state index in [-0.39, 0.29) is 24.6 Å². The van der Waals surface area contributed by atoms with E-state index in [2.05, 4.69) is 0 Å². The molecule has 1 aliphatic rings. The van der Waals surface area contributed by atoms with Crippen molar-refractivity contribution in [3.05, 3.63) is 120 Å². The topological polar surface area (TPSA) is 99.2 Å². The molecule has 0 radical (unpaired) electrons. The quantitative estimate of drug-likeness (QED) is 0.148. The molecule has 8 heteroatoms. The van der Waals surface area contributed by atoms with Crippen LogP contribution in [0.1, 0.15) is 32.7 Å². The zero-order valence-electron chi connectivity index (χ0n) is 22.3. The highest BCUT2D eigenvalue weighted by molar-refractivity contribution is 6.01. The first-order valence-electron chi connectivity index (χ1n) is 13.1. The Bertz CT molecular complexity index is 1550. The maximum Gasteiger partial charge on any atom is 0.343 e. The average Bonchev–Trinajstić information content (AvgIpc) is 3.39. The molecule has 1 heterocycles. The molecule has 4 aromatic rings. The molecule has 1 aliphatic heterocycles. The first-order valence-corrected chi connectivity index (χ1v) is 13.1. The second kappa shape index (κ2) is 12.3. The smallest absolute Gasteiger partial charge is 0.343 e. The molecular formula is C33H27NO7. The minimum absolute atomic E-state index is 0.00385. The van der Waals surface area contributed by atoms with E-state index < -0.39 is 30.2 Å². The number of rotatable bonds is 9. The summed E-state index contributed by atoms with van der Waals surface area (Å²) in [6.45, 7) is 1.70. The number of carbonyl (C=O) groups is 4. The third-order valence-corrected chi connectivity index (χ3v) is 6.61. The molecule has 0 saturated carbocycles. The molecule has 0 aromatic heterocycles. The monoisotopic (exact) mass is 549 g/mol. The summed E-state index contributed by atoms with van der Waals surface area (Å²) >= 11 is 0. The lowest BCUT2D eigenvalue weighted by atomic mass is 10.1. The molecule has 1 fully saturated rings. The fourth-order valence-corrected chi connectivity index (χ4v) is 4.34. The van der Waals surface area contributed by atoms with Crippen LogP contribution >= 0.6 is 0 Å². The van der Waals surface area contributed by atoms with Crippen molar-refractivity contribution in [2.24, 2.45) is 5.92 Å². The van der Waals surface area contributed by atoms with Gasteiger partial charge in [-0.05, 0) is 79.7 Å². The zero-order chi connectivity index (χ0) is 28.8. The molecule has 206 valence electrons. The van der Waals surface area contributed by atoms with Crippen LogP contribution in [-0.2, 0) is 14.3 Å². The van der Waals surface area contributed by atoms with Gasteiger partial charge in [-0.1, -0.05) is 35.9 Å². The van der Waals surface area contributed by atoms with Gasteiger partial charge < -0.3 is 19.1 Å². The van der Waals surface area contributed by atoms with Gasteiger partial charge in [-0.2, -0.15) is 0 Å². The Morgan fingerprint density at radius 3 is 2.02 bits per heavy atom. The molecule has 1 amide bonds. The van der Waals surface area contributed by atoms with Crippen molar-refractivity contribution in [2.75, 3.05) is 18.1 Å². The number of ketones is 1. The number of ether oxygens (including phenoxy) is 3. The number of anilines is 1. The Morgan fingerprint density at radius 1 is 0.756 bits per heavy atom. The summed E-state index contributed by atoms with van der Waals surface area (Å²) in [4.78, 5) is 51.6. The lowest BCUT2D eigenvalue weighted by Crippen LogP contribution is -2.27. The fourth-order valence-electron chi connectivity index (χ4n) is 4.34. The molecule has 1 atom stereocenters. The lowest BCUT2D eigenvalue weighted by molar-refractivity contribution is -0.147. The molecule has 5 rings (SSSR count). The lowest BCUT2D eigenvalue weighted by Gasteiger charge is -2.17. The Hall–Kier alpha value is -5.24. The average molecular weight is 550 g/mol. The number of esters is 2. The number of nitrogens with zero attached hydrogens (tertiary/aromatic N) is 1. The van der Waals surface area contributed by atoms with E-state index >= 15 is 0 Å². The largest absolute Gasteiger partial charge is 0.457 e. The molecule has 0 spiro atoms. The van der Waals surface area contributed by atoms with Crippen molar-refractivity contribution in [1.29, 1.82) is 0 Å². The van der Waals surface area contributed by atoms with E-state index in [4.69, 9.17) is 14.2 Å². The van der Waals surface area contributed by atoms with Crippen LogP contribution < -0.4 is 14.4 Å². The number of hydrogen-bond acceptors (Lipinski definition) is 7. The maximum absolute atomic E-state index is 12.7. The van der Waals surface area contributed by atoms with E-state index in [1.807, 2.05) is 31.2 Å². The van der Waals surface area contributed by atoms with Crippen molar-refractivity contribution >= 4 is 29.3 Å². The second-order valence-corrected chi connectivity index (χ2v) is 9.63. The maximum atomic E-state index is 12.7. The Kier molecular flexibility index (Phi) is 8.20. The van der Waals surface area contributed by atoms with Gasteiger partial charge in [-0.3, -0.25) is 14.4 Å². The van der Waals surface area contributed by atoms with E-state index in [1.165, 1.54) is 29.2 Å². The highest BCUT2D eigenvalue weighted by atomic mass is 16.5. The number of carbonyl (C=O) groups excluding carboxylic acids is 4. The normalized spacial score (nSPS) is 14.4.